The molecule has 0 N–H and O–H groups in total. The maximum Gasteiger partial charge on any atom is 0.135 e. The Morgan fingerprint density at radius 3 is 1.51 bits per heavy atom. The number of benzene rings is 8. The summed E-state index contributed by atoms with van der Waals surface area (Å²) in [5, 5.41) is 8.75. The second kappa shape index (κ2) is 9.44. The molecule has 0 saturated heterocycles. The summed E-state index contributed by atoms with van der Waals surface area (Å²) < 4.78 is 47.3. The van der Waals surface area contributed by atoms with Crippen LogP contribution < -0.4 is 0 Å². The average Bonchev–Trinajstić information content (AvgIpc) is 3.50. The maximum absolute atomic E-state index is 8.45. The predicted octanol–water partition coefficient (Wildman–Crippen LogP) is 12.0. The van der Waals surface area contributed by atoms with Gasteiger partial charge in [0.05, 0.1) is 6.85 Å². The van der Waals surface area contributed by atoms with Gasteiger partial charge in [0, 0.05) is 10.8 Å². The van der Waals surface area contributed by atoms with E-state index in [1.165, 1.54) is 5.56 Å². The van der Waals surface area contributed by atoms with Crippen LogP contribution in [0.1, 0.15) is 6.85 Å². The van der Waals surface area contributed by atoms with E-state index >= 15 is 0 Å². The fraction of sp³-hybridized carbons (Fsp3) is 0. The summed E-state index contributed by atoms with van der Waals surface area (Å²) in [6, 6.07) is 42.4. The first-order valence-electron chi connectivity index (χ1n) is 16.9. The van der Waals surface area contributed by atoms with Gasteiger partial charge in [-0.15, -0.1) is 0 Å². The number of furan rings is 1. The number of rotatable bonds is 3. The molecule has 0 atom stereocenters. The molecule has 1 aromatic heterocycles. The topological polar surface area (TPSA) is 13.1 Å². The lowest BCUT2D eigenvalue weighted by molar-refractivity contribution is 0.669. The van der Waals surface area contributed by atoms with Crippen LogP contribution in [0.25, 0.3) is 87.6 Å². The second-order valence-corrected chi connectivity index (χ2v) is 10.9. The monoisotopic (exact) mass is 551 g/mol. The molecule has 43 heavy (non-hydrogen) atoms. The van der Waals surface area contributed by atoms with Crippen molar-refractivity contribution in [3.63, 3.8) is 0 Å². The minimum atomic E-state index is -0.389. The van der Waals surface area contributed by atoms with Crippen molar-refractivity contribution in [2.24, 2.45) is 0 Å². The second-order valence-electron chi connectivity index (χ2n) is 10.9. The summed E-state index contributed by atoms with van der Waals surface area (Å²) in [7, 11) is 0. The van der Waals surface area contributed by atoms with Crippen molar-refractivity contribution in [1.29, 1.82) is 0 Å². The van der Waals surface area contributed by atoms with Gasteiger partial charge in [-0.1, -0.05) is 127 Å². The van der Waals surface area contributed by atoms with Crippen LogP contribution >= 0.6 is 0 Å². The third-order valence-electron chi connectivity index (χ3n) is 8.51. The Kier molecular flexibility index (Phi) is 4.27. The normalized spacial score (nSPS) is 13.3. The van der Waals surface area contributed by atoms with Crippen LogP contribution in [0.5, 0.6) is 0 Å². The zero-order valence-electron chi connectivity index (χ0n) is 28.0. The summed E-state index contributed by atoms with van der Waals surface area (Å²) in [5.74, 6) is 0. The van der Waals surface area contributed by atoms with Crippen molar-refractivity contribution >= 4 is 54.3 Å². The third kappa shape index (κ3) is 3.79. The molecule has 0 bridgehead atoms. The lowest BCUT2D eigenvalue weighted by Crippen LogP contribution is -1.91. The van der Waals surface area contributed by atoms with Crippen LogP contribution in [0.2, 0.25) is 0 Å². The lowest BCUT2D eigenvalue weighted by Gasteiger charge is -2.18. The minimum absolute atomic E-state index is 0.199. The fourth-order valence-electron chi connectivity index (χ4n) is 6.58. The number of fused-ring (bicyclic) bond motifs is 6. The van der Waals surface area contributed by atoms with Crippen molar-refractivity contribution < 1.29 is 11.3 Å². The molecule has 0 radical (unpaired) electrons. The quantitative estimate of drug-likeness (QED) is 0.199. The number of para-hydroxylation sites is 1. The van der Waals surface area contributed by atoms with Crippen LogP contribution in [-0.2, 0) is 0 Å². The first-order valence-corrected chi connectivity index (χ1v) is 14.4. The highest BCUT2D eigenvalue weighted by atomic mass is 16.3. The highest BCUT2D eigenvalue weighted by Crippen LogP contribution is 2.45. The van der Waals surface area contributed by atoms with Gasteiger partial charge in [0.2, 0.25) is 0 Å². The lowest BCUT2D eigenvalue weighted by atomic mass is 9.85. The van der Waals surface area contributed by atoms with Gasteiger partial charge in [-0.3, -0.25) is 0 Å². The van der Waals surface area contributed by atoms with Gasteiger partial charge < -0.3 is 4.42 Å². The molecule has 1 heteroatoms. The zero-order chi connectivity index (χ0) is 32.7. The van der Waals surface area contributed by atoms with E-state index in [1.54, 1.807) is 0 Å². The molecule has 8 aromatic carbocycles. The van der Waals surface area contributed by atoms with Crippen molar-refractivity contribution in [1.82, 2.24) is 0 Å². The number of hydrogen-bond donors (Lipinski definition) is 0. The molecular weight excluding hydrogens is 520 g/mol. The van der Waals surface area contributed by atoms with E-state index in [1.807, 2.05) is 36.4 Å². The first-order chi connectivity index (χ1) is 23.4. The smallest absolute Gasteiger partial charge is 0.135 e. The molecule has 9 aromatic rings. The van der Waals surface area contributed by atoms with Crippen LogP contribution in [0, 0.1) is 0 Å². The van der Waals surface area contributed by atoms with E-state index in [9.17, 15) is 0 Å². The van der Waals surface area contributed by atoms with Crippen molar-refractivity contribution in [2.45, 2.75) is 0 Å². The summed E-state index contributed by atoms with van der Waals surface area (Å²) in [5.41, 5.74) is 7.09. The van der Waals surface area contributed by atoms with E-state index in [-0.39, 0.29) is 35.8 Å². The molecular formula is C42H26O. The molecule has 0 saturated carbocycles. The Hall–Kier alpha value is -5.66. The average molecular weight is 552 g/mol. The molecule has 9 rings (SSSR count). The third-order valence-corrected chi connectivity index (χ3v) is 8.51. The standard InChI is InChI=1S/C42H26O/c1-2-10-27(11-3-1)28-18-19-30-25-31(21-20-29(30)24-28)41-34-13-4-6-15-36(34)42(37-16-7-5-14-35(37)41)32-22-23-40-38(26-32)33-12-8-9-17-39(33)43-40/h1-26H/i1D,2D,3D,10D,11D. The maximum atomic E-state index is 8.45. The zero-order valence-corrected chi connectivity index (χ0v) is 23.0. The van der Waals surface area contributed by atoms with Gasteiger partial charge in [0.1, 0.15) is 11.2 Å². The summed E-state index contributed by atoms with van der Waals surface area (Å²) in [4.78, 5) is 0. The fourth-order valence-corrected chi connectivity index (χ4v) is 6.58. The molecule has 1 heterocycles. The SMILES string of the molecule is [2H]c1c([2H])c([2H])c(-c2ccc3cc(-c4c5ccccc5c(-c5ccc6oc7ccccc7c6c5)c5ccccc45)ccc3c2)c([2H])c1[2H]. The Morgan fingerprint density at radius 1 is 0.372 bits per heavy atom. The predicted molar refractivity (Wildman–Crippen MR) is 183 cm³/mol. The molecule has 0 amide bonds. The van der Waals surface area contributed by atoms with Crippen LogP contribution in [-0.4, -0.2) is 0 Å². The van der Waals surface area contributed by atoms with Crippen LogP contribution in [0.4, 0.5) is 0 Å². The Labute approximate surface area is 256 Å². The molecule has 0 aliphatic carbocycles. The summed E-state index contributed by atoms with van der Waals surface area (Å²) >= 11 is 0. The molecule has 0 aliphatic rings. The van der Waals surface area contributed by atoms with E-state index in [0.29, 0.717) is 5.56 Å². The molecule has 0 aliphatic heterocycles. The Bertz CT molecular complexity index is 2710. The van der Waals surface area contributed by atoms with Gasteiger partial charge in [-0.2, -0.15) is 0 Å². The van der Waals surface area contributed by atoms with Crippen LogP contribution in [0.3, 0.4) is 0 Å². The Balaban J connectivity index is 1.25. The van der Waals surface area contributed by atoms with Crippen LogP contribution in [0.15, 0.2) is 162 Å². The van der Waals surface area contributed by atoms with E-state index in [0.717, 1.165) is 70.9 Å². The Morgan fingerprint density at radius 2 is 0.860 bits per heavy atom. The van der Waals surface area contributed by atoms with Gasteiger partial charge in [-0.25, -0.2) is 0 Å². The van der Waals surface area contributed by atoms with Crippen molar-refractivity contribution in [3.8, 4) is 33.4 Å². The largest absolute Gasteiger partial charge is 0.456 e. The van der Waals surface area contributed by atoms with E-state index in [2.05, 4.69) is 91.0 Å². The van der Waals surface area contributed by atoms with Gasteiger partial charge in [0.25, 0.3) is 0 Å². The van der Waals surface area contributed by atoms with Crippen molar-refractivity contribution in [2.75, 3.05) is 0 Å². The van der Waals surface area contributed by atoms with Crippen molar-refractivity contribution in [3.05, 3.63) is 158 Å². The summed E-state index contributed by atoms with van der Waals surface area (Å²) in [6.45, 7) is 0. The molecule has 0 fully saturated rings. The van der Waals surface area contributed by atoms with E-state index < -0.39 is 0 Å². The van der Waals surface area contributed by atoms with Gasteiger partial charge >= 0.3 is 0 Å². The molecule has 0 spiro atoms. The molecule has 200 valence electrons. The molecule has 1 nitrogen and oxygen atoms in total. The highest BCUT2D eigenvalue weighted by molar-refractivity contribution is 6.22. The van der Waals surface area contributed by atoms with E-state index in [4.69, 9.17) is 11.3 Å². The highest BCUT2D eigenvalue weighted by Gasteiger charge is 2.18. The first kappa shape index (κ1) is 19.5. The van der Waals surface area contributed by atoms with Gasteiger partial charge in [-0.05, 0) is 96.0 Å². The molecule has 0 unspecified atom stereocenters. The van der Waals surface area contributed by atoms with Gasteiger partial charge in [0.15, 0.2) is 0 Å². The summed E-state index contributed by atoms with van der Waals surface area (Å²) in [6.07, 6.45) is 0. The number of hydrogen-bond acceptors (Lipinski definition) is 1. The minimum Gasteiger partial charge on any atom is -0.456 e.